The van der Waals surface area contributed by atoms with Gasteiger partial charge in [-0.2, -0.15) is 4.80 Å². The summed E-state index contributed by atoms with van der Waals surface area (Å²) in [6.07, 6.45) is 0.920. The van der Waals surface area contributed by atoms with Crippen molar-refractivity contribution in [2.24, 2.45) is 0 Å². The fourth-order valence-corrected chi connectivity index (χ4v) is 2.19. The molecule has 7 heteroatoms. The SMILES string of the molecule is CC[C@H](NC(=O)Cc1nnn(C(C)C)n1)c1ccc(OC)cc1. The first-order chi connectivity index (χ1) is 11.0. The van der Waals surface area contributed by atoms with Crippen molar-refractivity contribution in [3.05, 3.63) is 35.7 Å². The highest BCUT2D eigenvalue weighted by Gasteiger charge is 2.15. The molecule has 1 heterocycles. The Balaban J connectivity index is 1.98. The molecule has 1 aromatic heterocycles. The van der Waals surface area contributed by atoms with Gasteiger partial charge in [-0.25, -0.2) is 0 Å². The largest absolute Gasteiger partial charge is 0.497 e. The molecule has 1 atom stereocenters. The highest BCUT2D eigenvalue weighted by molar-refractivity contribution is 5.78. The van der Waals surface area contributed by atoms with Gasteiger partial charge in [0.15, 0.2) is 5.82 Å². The molecule has 23 heavy (non-hydrogen) atoms. The van der Waals surface area contributed by atoms with Crippen LogP contribution in [0.2, 0.25) is 0 Å². The smallest absolute Gasteiger partial charge is 0.228 e. The van der Waals surface area contributed by atoms with Gasteiger partial charge in [-0.3, -0.25) is 4.79 Å². The van der Waals surface area contributed by atoms with Crippen molar-refractivity contribution in [2.75, 3.05) is 7.11 Å². The van der Waals surface area contributed by atoms with Gasteiger partial charge in [-0.15, -0.1) is 10.2 Å². The number of benzene rings is 1. The average molecular weight is 317 g/mol. The third kappa shape index (κ3) is 4.51. The fraction of sp³-hybridized carbons (Fsp3) is 0.500. The monoisotopic (exact) mass is 317 g/mol. The van der Waals surface area contributed by atoms with Gasteiger partial charge in [-0.1, -0.05) is 19.1 Å². The molecule has 0 spiro atoms. The number of nitrogens with one attached hydrogen (secondary N) is 1. The van der Waals surface area contributed by atoms with Crippen molar-refractivity contribution in [1.29, 1.82) is 0 Å². The van der Waals surface area contributed by atoms with Gasteiger partial charge in [0.2, 0.25) is 5.91 Å². The number of tetrazole rings is 1. The summed E-state index contributed by atoms with van der Waals surface area (Å²) in [6.45, 7) is 5.95. The lowest BCUT2D eigenvalue weighted by Gasteiger charge is -2.17. The van der Waals surface area contributed by atoms with Crippen molar-refractivity contribution in [3.63, 3.8) is 0 Å². The van der Waals surface area contributed by atoms with Crippen LogP contribution in [0.3, 0.4) is 0 Å². The zero-order valence-corrected chi connectivity index (χ0v) is 14.0. The minimum atomic E-state index is -0.115. The number of carbonyl (C=O) groups is 1. The van der Waals surface area contributed by atoms with Crippen LogP contribution < -0.4 is 10.1 Å². The average Bonchev–Trinajstić information content (AvgIpc) is 3.01. The van der Waals surface area contributed by atoms with Crippen LogP contribution >= 0.6 is 0 Å². The van der Waals surface area contributed by atoms with E-state index >= 15 is 0 Å². The van der Waals surface area contributed by atoms with Crippen molar-refractivity contribution < 1.29 is 9.53 Å². The van der Waals surface area contributed by atoms with Crippen molar-refractivity contribution >= 4 is 5.91 Å². The summed E-state index contributed by atoms with van der Waals surface area (Å²) in [7, 11) is 1.63. The molecule has 2 aromatic rings. The summed E-state index contributed by atoms with van der Waals surface area (Å²) in [5, 5.41) is 15.0. The predicted molar refractivity (Wildman–Crippen MR) is 86.1 cm³/mol. The molecule has 0 saturated heterocycles. The molecule has 0 aliphatic rings. The number of nitrogens with zero attached hydrogens (tertiary/aromatic N) is 4. The third-order valence-corrected chi connectivity index (χ3v) is 3.51. The lowest BCUT2D eigenvalue weighted by molar-refractivity contribution is -0.121. The van der Waals surface area contributed by atoms with Crippen molar-refractivity contribution in [3.8, 4) is 5.75 Å². The Kier molecular flexibility index (Phi) is 5.67. The highest BCUT2D eigenvalue weighted by Crippen LogP contribution is 2.20. The van der Waals surface area contributed by atoms with E-state index < -0.39 is 0 Å². The highest BCUT2D eigenvalue weighted by atomic mass is 16.5. The van der Waals surface area contributed by atoms with Crippen molar-refractivity contribution in [2.45, 2.75) is 45.7 Å². The second kappa shape index (κ2) is 7.71. The van der Waals surface area contributed by atoms with E-state index in [1.54, 1.807) is 7.11 Å². The fourth-order valence-electron chi connectivity index (χ4n) is 2.19. The lowest BCUT2D eigenvalue weighted by atomic mass is 10.0. The van der Waals surface area contributed by atoms with E-state index in [4.69, 9.17) is 4.74 Å². The van der Waals surface area contributed by atoms with Crippen LogP contribution in [-0.2, 0) is 11.2 Å². The Morgan fingerprint density at radius 1 is 1.30 bits per heavy atom. The molecule has 0 radical (unpaired) electrons. The molecule has 0 unspecified atom stereocenters. The lowest BCUT2D eigenvalue weighted by Crippen LogP contribution is -2.29. The summed E-state index contributed by atoms with van der Waals surface area (Å²) in [5.74, 6) is 1.11. The molecule has 0 aliphatic heterocycles. The summed E-state index contributed by atoms with van der Waals surface area (Å²) in [6, 6.07) is 7.77. The van der Waals surface area contributed by atoms with Gasteiger partial charge in [0.1, 0.15) is 5.75 Å². The zero-order chi connectivity index (χ0) is 16.8. The molecular formula is C16H23N5O2. The van der Waals surface area contributed by atoms with Gasteiger partial charge in [0.05, 0.1) is 25.6 Å². The third-order valence-electron chi connectivity index (χ3n) is 3.51. The molecule has 1 N–H and O–H groups in total. The van der Waals surface area contributed by atoms with Crippen LogP contribution in [0.15, 0.2) is 24.3 Å². The van der Waals surface area contributed by atoms with E-state index in [-0.39, 0.29) is 24.4 Å². The maximum atomic E-state index is 12.2. The van der Waals surface area contributed by atoms with E-state index in [1.807, 2.05) is 45.0 Å². The summed E-state index contributed by atoms with van der Waals surface area (Å²) >= 11 is 0. The molecule has 0 bridgehead atoms. The van der Waals surface area contributed by atoms with E-state index in [9.17, 15) is 4.79 Å². The number of hydrogen-bond acceptors (Lipinski definition) is 5. The molecule has 124 valence electrons. The number of rotatable bonds is 7. The minimum absolute atomic E-state index is 0.0476. The van der Waals surface area contributed by atoms with Crippen LogP contribution in [0, 0.1) is 0 Å². The van der Waals surface area contributed by atoms with Gasteiger partial charge < -0.3 is 10.1 Å². The van der Waals surface area contributed by atoms with E-state index in [0.29, 0.717) is 5.82 Å². The number of ether oxygens (including phenoxy) is 1. The second-order valence-corrected chi connectivity index (χ2v) is 5.60. The molecule has 0 aliphatic carbocycles. The Hall–Kier alpha value is -2.44. The quantitative estimate of drug-likeness (QED) is 0.845. The first kappa shape index (κ1) is 16.9. The first-order valence-corrected chi connectivity index (χ1v) is 7.75. The van der Waals surface area contributed by atoms with Gasteiger partial charge in [0, 0.05) is 0 Å². The number of carbonyl (C=O) groups excluding carboxylic acids is 1. The molecule has 0 saturated carbocycles. The van der Waals surface area contributed by atoms with Crippen LogP contribution in [-0.4, -0.2) is 33.2 Å². The number of amides is 1. The van der Waals surface area contributed by atoms with Crippen LogP contribution in [0.25, 0.3) is 0 Å². The molecule has 2 rings (SSSR count). The van der Waals surface area contributed by atoms with E-state index in [2.05, 4.69) is 20.7 Å². The van der Waals surface area contributed by atoms with Crippen LogP contribution in [0.5, 0.6) is 5.75 Å². The number of methoxy groups -OCH3 is 1. The van der Waals surface area contributed by atoms with E-state index in [0.717, 1.165) is 17.7 Å². The Labute approximate surface area is 136 Å². The standard InChI is InChI=1S/C16H23N5O2/c1-5-14(12-6-8-13(23-4)9-7-12)17-16(22)10-15-18-20-21(19-15)11(2)3/h6-9,11,14H,5,10H2,1-4H3,(H,17,22)/t14-/m0/s1. The van der Waals surface area contributed by atoms with Crippen LogP contribution in [0.4, 0.5) is 0 Å². The Bertz CT molecular complexity index is 636. The molecule has 7 nitrogen and oxygen atoms in total. The molecule has 1 amide bonds. The number of aromatic nitrogens is 4. The predicted octanol–water partition coefficient (Wildman–Crippen LogP) is 2.07. The summed E-state index contributed by atoms with van der Waals surface area (Å²) < 4.78 is 5.15. The summed E-state index contributed by atoms with van der Waals surface area (Å²) in [4.78, 5) is 13.7. The second-order valence-electron chi connectivity index (χ2n) is 5.60. The zero-order valence-electron chi connectivity index (χ0n) is 14.0. The Morgan fingerprint density at radius 3 is 2.52 bits per heavy atom. The maximum absolute atomic E-state index is 12.2. The summed E-state index contributed by atoms with van der Waals surface area (Å²) in [5.41, 5.74) is 1.04. The first-order valence-electron chi connectivity index (χ1n) is 7.75. The molecule has 0 fully saturated rings. The number of hydrogen-bond donors (Lipinski definition) is 1. The van der Waals surface area contributed by atoms with Crippen molar-refractivity contribution in [1.82, 2.24) is 25.5 Å². The maximum Gasteiger partial charge on any atom is 0.228 e. The molecule has 1 aromatic carbocycles. The van der Waals surface area contributed by atoms with Gasteiger partial charge >= 0.3 is 0 Å². The minimum Gasteiger partial charge on any atom is -0.497 e. The topological polar surface area (TPSA) is 81.9 Å². The van der Waals surface area contributed by atoms with Gasteiger partial charge in [0.25, 0.3) is 0 Å². The molecular weight excluding hydrogens is 294 g/mol. The van der Waals surface area contributed by atoms with E-state index in [1.165, 1.54) is 4.80 Å². The normalized spacial score (nSPS) is 12.2. The Morgan fingerprint density at radius 2 is 2.00 bits per heavy atom. The van der Waals surface area contributed by atoms with Gasteiger partial charge in [-0.05, 0) is 43.2 Å². The van der Waals surface area contributed by atoms with Crippen LogP contribution in [0.1, 0.15) is 50.7 Å².